The number of amides is 1. The number of carbonyl (C=O) groups excluding carboxylic acids is 1. The minimum Gasteiger partial charge on any atom is -0.352 e. The lowest BCUT2D eigenvalue weighted by atomic mass is 10.0. The average Bonchev–Trinajstić information content (AvgIpc) is 2.99. The van der Waals surface area contributed by atoms with Crippen LogP contribution in [0.15, 0.2) is 0 Å². The molecule has 2 N–H and O–H groups in total. The highest BCUT2D eigenvalue weighted by molar-refractivity contribution is 5.83. The van der Waals surface area contributed by atoms with Crippen molar-refractivity contribution in [1.82, 2.24) is 10.6 Å². The van der Waals surface area contributed by atoms with Crippen LogP contribution in [-0.4, -0.2) is 25.0 Å². The van der Waals surface area contributed by atoms with Crippen LogP contribution in [0, 0.1) is 41.4 Å². The summed E-state index contributed by atoms with van der Waals surface area (Å²) in [6.45, 7) is 2.25. The number of hydrogen-bond acceptors (Lipinski definition) is 2. The molecule has 5 fully saturated rings. The molecule has 1 saturated heterocycles. The first-order valence-electron chi connectivity index (χ1n) is 7.35. The van der Waals surface area contributed by atoms with Crippen molar-refractivity contribution < 1.29 is 4.79 Å². The number of piperidine rings is 1. The van der Waals surface area contributed by atoms with Crippen LogP contribution < -0.4 is 10.6 Å². The molecule has 6 unspecified atom stereocenters. The molecule has 0 radical (unpaired) electrons. The second-order valence-corrected chi connectivity index (χ2v) is 7.03. The van der Waals surface area contributed by atoms with Crippen LogP contribution in [0.5, 0.6) is 0 Å². The third-order valence-corrected chi connectivity index (χ3v) is 6.44. The Hall–Kier alpha value is -0.570. The fraction of sp³-hybridized carbons (Fsp3) is 0.929. The van der Waals surface area contributed by atoms with E-state index in [1.54, 1.807) is 0 Å². The molecule has 6 atom stereocenters. The molecular formula is C14H20N2O. The molecular weight excluding hydrogens is 212 g/mol. The van der Waals surface area contributed by atoms with Crippen molar-refractivity contribution in [2.24, 2.45) is 41.4 Å². The predicted octanol–water partition coefficient (Wildman–Crippen LogP) is 0.612. The Morgan fingerprint density at radius 2 is 1.71 bits per heavy atom. The summed E-state index contributed by atoms with van der Waals surface area (Å²) in [5.41, 5.74) is 0. The molecule has 1 aliphatic heterocycles. The van der Waals surface area contributed by atoms with E-state index in [2.05, 4.69) is 10.6 Å². The minimum atomic E-state index is 0.413. The van der Waals surface area contributed by atoms with Crippen molar-refractivity contribution in [3.63, 3.8) is 0 Å². The maximum atomic E-state index is 12.3. The van der Waals surface area contributed by atoms with Gasteiger partial charge in [0.1, 0.15) is 0 Å². The molecule has 0 aromatic rings. The lowest BCUT2D eigenvalue weighted by molar-refractivity contribution is -0.123. The van der Waals surface area contributed by atoms with Gasteiger partial charge in [0.05, 0.1) is 0 Å². The Morgan fingerprint density at radius 1 is 1.06 bits per heavy atom. The Kier molecular flexibility index (Phi) is 1.58. The zero-order valence-corrected chi connectivity index (χ0v) is 10.1. The highest BCUT2D eigenvalue weighted by Gasteiger charge is 2.68. The Morgan fingerprint density at radius 3 is 2.35 bits per heavy atom. The van der Waals surface area contributed by atoms with E-state index in [0.717, 1.165) is 48.6 Å². The molecule has 5 aliphatic rings. The van der Waals surface area contributed by atoms with Gasteiger partial charge in [-0.15, -0.1) is 0 Å². The van der Waals surface area contributed by atoms with Gasteiger partial charge in [-0.3, -0.25) is 4.79 Å². The van der Waals surface area contributed by atoms with Gasteiger partial charge in [-0.2, -0.15) is 0 Å². The lowest BCUT2D eigenvalue weighted by Gasteiger charge is -2.11. The van der Waals surface area contributed by atoms with Gasteiger partial charge in [-0.1, -0.05) is 0 Å². The summed E-state index contributed by atoms with van der Waals surface area (Å²) in [4.78, 5) is 12.3. The van der Waals surface area contributed by atoms with Gasteiger partial charge < -0.3 is 10.6 Å². The second kappa shape index (κ2) is 2.87. The van der Waals surface area contributed by atoms with Crippen LogP contribution in [-0.2, 0) is 4.79 Å². The maximum absolute atomic E-state index is 12.3. The molecule has 4 saturated carbocycles. The zero-order valence-electron chi connectivity index (χ0n) is 10.1. The molecule has 0 aromatic carbocycles. The summed E-state index contributed by atoms with van der Waals surface area (Å²) in [5.74, 6) is 5.79. The van der Waals surface area contributed by atoms with E-state index in [4.69, 9.17) is 0 Å². The van der Waals surface area contributed by atoms with E-state index in [-0.39, 0.29) is 0 Å². The first-order valence-corrected chi connectivity index (χ1v) is 7.35. The summed E-state index contributed by atoms with van der Waals surface area (Å²) in [6.07, 6.45) is 4.26. The van der Waals surface area contributed by atoms with E-state index < -0.39 is 0 Å². The van der Waals surface area contributed by atoms with Gasteiger partial charge in [0.2, 0.25) is 5.91 Å². The first-order chi connectivity index (χ1) is 8.34. The van der Waals surface area contributed by atoms with Gasteiger partial charge in [0.25, 0.3) is 0 Å². The zero-order chi connectivity index (χ0) is 11.1. The quantitative estimate of drug-likeness (QED) is 0.732. The smallest absolute Gasteiger partial charge is 0.223 e. The van der Waals surface area contributed by atoms with Crippen LogP contribution in [0.3, 0.4) is 0 Å². The van der Waals surface area contributed by atoms with Crippen molar-refractivity contribution in [2.75, 3.05) is 13.1 Å². The van der Waals surface area contributed by atoms with Gasteiger partial charge in [0.15, 0.2) is 0 Å². The molecule has 17 heavy (non-hydrogen) atoms. The van der Waals surface area contributed by atoms with Crippen molar-refractivity contribution in [3.8, 4) is 0 Å². The Balaban J connectivity index is 1.25. The molecule has 2 bridgehead atoms. The van der Waals surface area contributed by atoms with Crippen LogP contribution in [0.25, 0.3) is 0 Å². The molecule has 0 aromatic heterocycles. The van der Waals surface area contributed by atoms with Crippen molar-refractivity contribution in [2.45, 2.75) is 25.3 Å². The molecule has 1 amide bonds. The molecule has 3 heteroatoms. The van der Waals surface area contributed by atoms with Crippen molar-refractivity contribution in [3.05, 3.63) is 0 Å². The van der Waals surface area contributed by atoms with E-state index in [1.165, 1.54) is 19.3 Å². The summed E-state index contributed by atoms with van der Waals surface area (Å²) in [5, 5.41) is 6.72. The minimum absolute atomic E-state index is 0.413. The van der Waals surface area contributed by atoms with Gasteiger partial charge in [-0.05, 0) is 54.8 Å². The topological polar surface area (TPSA) is 41.1 Å². The monoisotopic (exact) mass is 232 g/mol. The van der Waals surface area contributed by atoms with Crippen LogP contribution in [0.2, 0.25) is 0 Å². The van der Waals surface area contributed by atoms with Crippen LogP contribution >= 0.6 is 0 Å². The summed E-state index contributed by atoms with van der Waals surface area (Å²) >= 11 is 0. The molecule has 1 heterocycles. The number of nitrogens with one attached hydrogen (secondary N) is 2. The largest absolute Gasteiger partial charge is 0.352 e. The SMILES string of the molecule is O=C(NC1C2CNCC21)C1C2C3CCC(C3)C12. The standard InChI is InChI=1S/C14H20N2O/c17-14(16-13-8-4-15-5-9(8)13)12-10-6-1-2-7(3-6)11(10)12/h6-13,15H,1-5H2,(H,16,17). The molecule has 5 rings (SSSR count). The summed E-state index contributed by atoms with van der Waals surface area (Å²) in [6, 6.07) is 0.530. The lowest BCUT2D eigenvalue weighted by Crippen LogP contribution is -2.34. The van der Waals surface area contributed by atoms with Crippen molar-refractivity contribution >= 4 is 5.91 Å². The van der Waals surface area contributed by atoms with Crippen LogP contribution in [0.1, 0.15) is 19.3 Å². The highest BCUT2D eigenvalue weighted by Crippen LogP contribution is 2.69. The number of rotatable bonds is 2. The third-order valence-electron chi connectivity index (χ3n) is 6.44. The molecule has 4 aliphatic carbocycles. The van der Waals surface area contributed by atoms with E-state index in [0.29, 0.717) is 17.9 Å². The Labute approximate surface area is 102 Å². The average molecular weight is 232 g/mol. The van der Waals surface area contributed by atoms with Crippen molar-refractivity contribution in [1.29, 1.82) is 0 Å². The summed E-state index contributed by atoms with van der Waals surface area (Å²) in [7, 11) is 0. The van der Waals surface area contributed by atoms with Crippen LogP contribution in [0.4, 0.5) is 0 Å². The van der Waals surface area contributed by atoms with Gasteiger partial charge >= 0.3 is 0 Å². The van der Waals surface area contributed by atoms with E-state index >= 15 is 0 Å². The predicted molar refractivity (Wildman–Crippen MR) is 63.1 cm³/mol. The number of hydrogen-bond donors (Lipinski definition) is 2. The highest BCUT2D eigenvalue weighted by atomic mass is 16.2. The number of fused-ring (bicyclic) bond motifs is 6. The summed E-state index contributed by atoms with van der Waals surface area (Å²) < 4.78 is 0. The van der Waals surface area contributed by atoms with E-state index in [1.807, 2.05) is 0 Å². The molecule has 92 valence electrons. The maximum Gasteiger partial charge on any atom is 0.223 e. The van der Waals surface area contributed by atoms with E-state index in [9.17, 15) is 4.79 Å². The first kappa shape index (κ1) is 9.37. The fourth-order valence-electron chi connectivity index (χ4n) is 5.57. The molecule has 0 spiro atoms. The van der Waals surface area contributed by atoms with Gasteiger partial charge in [0, 0.05) is 25.0 Å². The fourth-order valence-corrected chi connectivity index (χ4v) is 5.57. The molecule has 3 nitrogen and oxygen atoms in total. The second-order valence-electron chi connectivity index (χ2n) is 7.03. The number of carbonyl (C=O) groups is 1. The Bertz CT molecular complexity index is 370. The van der Waals surface area contributed by atoms with Gasteiger partial charge in [-0.25, -0.2) is 0 Å². The third kappa shape index (κ3) is 1.09. The normalized spacial score (nSPS) is 60.9.